The van der Waals surface area contributed by atoms with Gasteiger partial charge < -0.3 is 14.4 Å². The van der Waals surface area contributed by atoms with Crippen LogP contribution in [0.3, 0.4) is 0 Å². The minimum absolute atomic E-state index is 0.0583. The van der Waals surface area contributed by atoms with Gasteiger partial charge in [0.25, 0.3) is 0 Å². The topological polar surface area (TPSA) is 76.2 Å². The number of carbonyl (C=O) groups is 3. The SMILES string of the molecule is COCCCN1C(=O)C[C@](CC(=O)N(C)Cc2ccsc2)(c2ccccc2OC)C1=O. The van der Waals surface area contributed by atoms with E-state index in [1.807, 2.05) is 16.8 Å². The third kappa shape index (κ3) is 4.80. The number of carbonyl (C=O) groups excluding carboxylic acids is 3. The second-order valence-electron chi connectivity index (χ2n) is 7.71. The highest BCUT2D eigenvalue weighted by molar-refractivity contribution is 7.07. The summed E-state index contributed by atoms with van der Waals surface area (Å²) in [6.07, 6.45) is 0.387. The van der Waals surface area contributed by atoms with Crippen molar-refractivity contribution in [3.63, 3.8) is 0 Å². The lowest BCUT2D eigenvalue weighted by Crippen LogP contribution is -2.43. The van der Waals surface area contributed by atoms with Gasteiger partial charge in [-0.05, 0) is 34.9 Å². The Morgan fingerprint density at radius 2 is 2.00 bits per heavy atom. The Labute approximate surface area is 186 Å². The quantitative estimate of drug-likeness (QED) is 0.416. The Kier molecular flexibility index (Phi) is 7.46. The van der Waals surface area contributed by atoms with E-state index in [0.717, 1.165) is 5.56 Å². The number of benzene rings is 1. The van der Waals surface area contributed by atoms with Crippen LogP contribution in [0.1, 0.15) is 30.4 Å². The average Bonchev–Trinajstić information content (AvgIpc) is 3.36. The number of nitrogens with zero attached hydrogens (tertiary/aromatic N) is 2. The summed E-state index contributed by atoms with van der Waals surface area (Å²) in [6.45, 7) is 1.16. The van der Waals surface area contributed by atoms with Gasteiger partial charge in [0, 0.05) is 52.3 Å². The van der Waals surface area contributed by atoms with Crippen LogP contribution in [-0.4, -0.2) is 61.9 Å². The first-order chi connectivity index (χ1) is 14.9. The Balaban J connectivity index is 1.93. The van der Waals surface area contributed by atoms with E-state index < -0.39 is 5.41 Å². The fourth-order valence-electron chi connectivity index (χ4n) is 4.02. The van der Waals surface area contributed by atoms with Gasteiger partial charge in [-0.3, -0.25) is 19.3 Å². The molecule has 2 aromatic rings. The summed E-state index contributed by atoms with van der Waals surface area (Å²) < 4.78 is 10.6. The molecule has 1 aromatic carbocycles. The van der Waals surface area contributed by atoms with Crippen molar-refractivity contribution in [2.45, 2.75) is 31.2 Å². The fourth-order valence-corrected chi connectivity index (χ4v) is 4.68. The number of amides is 3. The number of ether oxygens (including phenoxy) is 2. The van der Waals surface area contributed by atoms with E-state index in [1.165, 1.54) is 12.0 Å². The second-order valence-corrected chi connectivity index (χ2v) is 8.49. The molecule has 0 N–H and O–H groups in total. The Morgan fingerprint density at radius 1 is 1.23 bits per heavy atom. The minimum atomic E-state index is -1.28. The molecule has 1 aliphatic rings. The maximum atomic E-state index is 13.6. The van der Waals surface area contributed by atoms with Crippen LogP contribution in [0.5, 0.6) is 5.75 Å². The standard InChI is InChI=1S/C23H28N2O5S/c1-24(15-17-9-12-31-16-17)20(26)13-23(18-7-4-5-8-19(18)30-3)14-21(27)25(22(23)28)10-6-11-29-2/h4-5,7-9,12,16H,6,10-11,13-15H2,1-3H3/t23-/m1/s1. The van der Waals surface area contributed by atoms with Crippen molar-refractivity contribution < 1.29 is 23.9 Å². The molecule has 8 heteroatoms. The van der Waals surface area contributed by atoms with Gasteiger partial charge in [-0.25, -0.2) is 0 Å². The van der Waals surface area contributed by atoms with Crippen molar-refractivity contribution in [2.75, 3.05) is 34.4 Å². The van der Waals surface area contributed by atoms with Crippen LogP contribution in [0, 0.1) is 0 Å². The van der Waals surface area contributed by atoms with Crippen LogP contribution in [0.25, 0.3) is 0 Å². The van der Waals surface area contributed by atoms with Crippen molar-refractivity contribution in [3.05, 3.63) is 52.2 Å². The highest BCUT2D eigenvalue weighted by Crippen LogP contribution is 2.44. The van der Waals surface area contributed by atoms with Gasteiger partial charge in [0.05, 0.1) is 12.5 Å². The summed E-state index contributed by atoms with van der Waals surface area (Å²) in [5, 5.41) is 3.95. The van der Waals surface area contributed by atoms with Crippen molar-refractivity contribution in [3.8, 4) is 5.75 Å². The lowest BCUT2D eigenvalue weighted by molar-refractivity contribution is -0.142. The first-order valence-corrected chi connectivity index (χ1v) is 11.1. The van der Waals surface area contributed by atoms with E-state index in [1.54, 1.807) is 54.7 Å². The van der Waals surface area contributed by atoms with Gasteiger partial charge in [0.2, 0.25) is 17.7 Å². The molecule has 0 saturated carbocycles. The third-order valence-electron chi connectivity index (χ3n) is 5.64. The molecule has 7 nitrogen and oxygen atoms in total. The van der Waals surface area contributed by atoms with E-state index >= 15 is 0 Å². The van der Waals surface area contributed by atoms with Crippen molar-refractivity contribution in [1.82, 2.24) is 9.80 Å². The molecule has 31 heavy (non-hydrogen) atoms. The van der Waals surface area contributed by atoms with E-state index in [4.69, 9.17) is 9.47 Å². The molecule has 0 aliphatic carbocycles. The predicted octanol–water partition coefficient (Wildman–Crippen LogP) is 2.84. The Hall–Kier alpha value is -2.71. The average molecular weight is 445 g/mol. The number of rotatable bonds is 10. The molecule has 1 aromatic heterocycles. The second kappa shape index (κ2) is 10.1. The largest absolute Gasteiger partial charge is 0.496 e. The van der Waals surface area contributed by atoms with Crippen molar-refractivity contribution in [2.24, 2.45) is 0 Å². The smallest absolute Gasteiger partial charge is 0.241 e. The molecule has 1 saturated heterocycles. The molecule has 1 aliphatic heterocycles. The van der Waals surface area contributed by atoms with E-state index in [-0.39, 0.29) is 37.1 Å². The monoisotopic (exact) mass is 444 g/mol. The predicted molar refractivity (Wildman–Crippen MR) is 118 cm³/mol. The van der Waals surface area contributed by atoms with E-state index in [2.05, 4.69) is 0 Å². The van der Waals surface area contributed by atoms with Gasteiger partial charge in [-0.1, -0.05) is 18.2 Å². The van der Waals surface area contributed by atoms with Crippen LogP contribution in [0.15, 0.2) is 41.1 Å². The molecule has 0 spiro atoms. The molecule has 166 valence electrons. The minimum Gasteiger partial charge on any atom is -0.496 e. The number of likely N-dealkylation sites (tertiary alicyclic amines) is 1. The van der Waals surface area contributed by atoms with Gasteiger partial charge in [0.15, 0.2) is 0 Å². The number of hydrogen-bond donors (Lipinski definition) is 0. The number of hydrogen-bond acceptors (Lipinski definition) is 6. The lowest BCUT2D eigenvalue weighted by Gasteiger charge is -2.30. The Morgan fingerprint density at radius 3 is 2.68 bits per heavy atom. The van der Waals surface area contributed by atoms with Crippen molar-refractivity contribution in [1.29, 1.82) is 0 Å². The molecule has 0 radical (unpaired) electrons. The highest BCUT2D eigenvalue weighted by atomic mass is 32.1. The maximum absolute atomic E-state index is 13.6. The summed E-state index contributed by atoms with van der Waals surface area (Å²) in [7, 11) is 4.82. The zero-order chi connectivity index (χ0) is 22.4. The van der Waals surface area contributed by atoms with Gasteiger partial charge in [0.1, 0.15) is 5.75 Å². The zero-order valence-electron chi connectivity index (χ0n) is 18.1. The van der Waals surface area contributed by atoms with Crippen LogP contribution < -0.4 is 4.74 Å². The molecule has 0 unspecified atom stereocenters. The number of para-hydroxylation sites is 1. The van der Waals surface area contributed by atoms with Gasteiger partial charge in [-0.15, -0.1) is 0 Å². The van der Waals surface area contributed by atoms with Crippen LogP contribution >= 0.6 is 11.3 Å². The molecule has 3 rings (SSSR count). The summed E-state index contributed by atoms with van der Waals surface area (Å²) in [5.41, 5.74) is 0.320. The lowest BCUT2D eigenvalue weighted by atomic mass is 9.75. The van der Waals surface area contributed by atoms with Gasteiger partial charge >= 0.3 is 0 Å². The Bertz CT molecular complexity index is 930. The van der Waals surface area contributed by atoms with Crippen molar-refractivity contribution >= 4 is 29.1 Å². The molecule has 0 bridgehead atoms. The molecular formula is C23H28N2O5S. The first-order valence-electron chi connectivity index (χ1n) is 10.1. The van der Waals surface area contributed by atoms with E-state index in [9.17, 15) is 14.4 Å². The summed E-state index contributed by atoms with van der Waals surface area (Å²) in [4.78, 5) is 42.6. The molecular weight excluding hydrogens is 416 g/mol. The number of imide groups is 1. The van der Waals surface area contributed by atoms with Crippen LogP contribution in [-0.2, 0) is 31.1 Å². The molecule has 2 heterocycles. The molecule has 3 amide bonds. The molecule has 1 fully saturated rings. The first kappa shape index (κ1) is 23.0. The van der Waals surface area contributed by atoms with Crippen LogP contribution in [0.2, 0.25) is 0 Å². The highest BCUT2D eigenvalue weighted by Gasteiger charge is 2.54. The number of thiophene rings is 1. The normalized spacial score (nSPS) is 18.5. The summed E-state index contributed by atoms with van der Waals surface area (Å²) in [6, 6.07) is 9.09. The van der Waals surface area contributed by atoms with Crippen LogP contribution in [0.4, 0.5) is 0 Å². The molecule has 1 atom stereocenters. The number of methoxy groups -OCH3 is 2. The van der Waals surface area contributed by atoms with Gasteiger partial charge in [-0.2, -0.15) is 11.3 Å². The van der Waals surface area contributed by atoms with E-state index in [0.29, 0.717) is 30.9 Å². The maximum Gasteiger partial charge on any atom is 0.241 e. The summed E-state index contributed by atoms with van der Waals surface area (Å²) >= 11 is 1.57. The fraction of sp³-hybridized carbons (Fsp3) is 0.435. The third-order valence-corrected chi connectivity index (χ3v) is 6.37. The zero-order valence-corrected chi connectivity index (χ0v) is 18.9. The summed E-state index contributed by atoms with van der Waals surface area (Å²) in [5.74, 6) is -0.330.